The van der Waals surface area contributed by atoms with Gasteiger partial charge in [0, 0.05) is 37.4 Å². The first-order chi connectivity index (χ1) is 9.81. The van der Waals surface area contributed by atoms with E-state index in [0.717, 1.165) is 25.3 Å². The molecule has 1 unspecified atom stereocenters. The second kappa shape index (κ2) is 5.99. The molecule has 20 heavy (non-hydrogen) atoms. The van der Waals surface area contributed by atoms with Crippen molar-refractivity contribution in [2.24, 2.45) is 5.92 Å². The van der Waals surface area contributed by atoms with Gasteiger partial charge in [-0.3, -0.25) is 9.97 Å². The zero-order valence-corrected chi connectivity index (χ0v) is 11.9. The fourth-order valence-electron chi connectivity index (χ4n) is 2.81. The van der Waals surface area contributed by atoms with Crippen LogP contribution in [0.4, 0.5) is 5.82 Å². The van der Waals surface area contributed by atoms with Crippen molar-refractivity contribution in [2.75, 3.05) is 18.0 Å². The van der Waals surface area contributed by atoms with Crippen molar-refractivity contribution in [2.45, 2.75) is 26.2 Å². The molecule has 0 saturated carbocycles. The molecule has 1 aliphatic rings. The number of hydrogen-bond acceptors (Lipinski definition) is 4. The molecule has 1 saturated heterocycles. The first-order valence-electron chi connectivity index (χ1n) is 7.24. The van der Waals surface area contributed by atoms with Crippen LogP contribution in [0.1, 0.15) is 24.1 Å². The second-order valence-corrected chi connectivity index (χ2v) is 5.55. The highest BCUT2D eigenvalue weighted by Crippen LogP contribution is 2.23. The average Bonchev–Trinajstić information content (AvgIpc) is 2.51. The van der Waals surface area contributed by atoms with Gasteiger partial charge in [0.15, 0.2) is 0 Å². The molecule has 0 aromatic carbocycles. The first kappa shape index (κ1) is 13.0. The van der Waals surface area contributed by atoms with E-state index < -0.39 is 0 Å². The van der Waals surface area contributed by atoms with Crippen molar-refractivity contribution in [3.63, 3.8) is 0 Å². The third-order valence-corrected chi connectivity index (χ3v) is 3.86. The highest BCUT2D eigenvalue weighted by Gasteiger charge is 2.21. The van der Waals surface area contributed by atoms with E-state index in [-0.39, 0.29) is 0 Å². The van der Waals surface area contributed by atoms with Crippen LogP contribution >= 0.6 is 0 Å². The lowest BCUT2D eigenvalue weighted by Crippen LogP contribution is -2.36. The molecule has 0 amide bonds. The molecule has 1 atom stereocenters. The SMILES string of the molecule is Cc1ccc(CC2CCCN(c3cnccn3)C2)nc1. The number of anilines is 1. The average molecular weight is 268 g/mol. The fourth-order valence-corrected chi connectivity index (χ4v) is 2.81. The third-order valence-electron chi connectivity index (χ3n) is 3.86. The Kier molecular flexibility index (Phi) is 3.90. The van der Waals surface area contributed by atoms with Crippen LogP contribution in [0, 0.1) is 12.8 Å². The summed E-state index contributed by atoms with van der Waals surface area (Å²) in [5.41, 5.74) is 2.42. The van der Waals surface area contributed by atoms with Crippen molar-refractivity contribution in [1.82, 2.24) is 15.0 Å². The molecule has 2 aromatic heterocycles. The smallest absolute Gasteiger partial charge is 0.147 e. The van der Waals surface area contributed by atoms with Gasteiger partial charge in [-0.05, 0) is 43.7 Å². The Morgan fingerprint density at radius 3 is 2.90 bits per heavy atom. The van der Waals surface area contributed by atoms with Crippen LogP contribution < -0.4 is 4.90 Å². The summed E-state index contributed by atoms with van der Waals surface area (Å²) in [4.78, 5) is 15.4. The molecule has 0 aliphatic carbocycles. The molecular weight excluding hydrogens is 248 g/mol. The summed E-state index contributed by atoms with van der Waals surface area (Å²) in [6.45, 7) is 4.21. The van der Waals surface area contributed by atoms with Gasteiger partial charge in [-0.15, -0.1) is 0 Å². The van der Waals surface area contributed by atoms with E-state index >= 15 is 0 Å². The van der Waals surface area contributed by atoms with Crippen LogP contribution in [-0.2, 0) is 6.42 Å². The Morgan fingerprint density at radius 1 is 1.20 bits per heavy atom. The van der Waals surface area contributed by atoms with Gasteiger partial charge >= 0.3 is 0 Å². The van der Waals surface area contributed by atoms with Gasteiger partial charge in [-0.1, -0.05) is 6.07 Å². The quantitative estimate of drug-likeness (QED) is 0.858. The van der Waals surface area contributed by atoms with Crippen LogP contribution in [0.5, 0.6) is 0 Å². The molecule has 0 spiro atoms. The molecule has 1 fully saturated rings. The zero-order chi connectivity index (χ0) is 13.8. The predicted molar refractivity (Wildman–Crippen MR) is 79.6 cm³/mol. The molecule has 104 valence electrons. The van der Waals surface area contributed by atoms with E-state index in [9.17, 15) is 0 Å². The highest BCUT2D eigenvalue weighted by molar-refractivity contribution is 5.35. The molecule has 3 rings (SSSR count). The van der Waals surface area contributed by atoms with E-state index in [1.54, 1.807) is 12.4 Å². The maximum absolute atomic E-state index is 4.52. The van der Waals surface area contributed by atoms with Crippen LogP contribution in [0.3, 0.4) is 0 Å². The standard InChI is InChI=1S/C16H20N4/c1-13-4-5-15(19-10-13)9-14-3-2-8-20(12-14)16-11-17-6-7-18-16/h4-7,10-11,14H,2-3,8-9,12H2,1H3. The molecule has 0 radical (unpaired) electrons. The van der Waals surface area contributed by atoms with Gasteiger partial charge in [0.25, 0.3) is 0 Å². The number of rotatable bonds is 3. The normalized spacial score (nSPS) is 19.1. The molecular formula is C16H20N4. The summed E-state index contributed by atoms with van der Waals surface area (Å²) >= 11 is 0. The molecule has 4 heteroatoms. The molecule has 1 aliphatic heterocycles. The lowest BCUT2D eigenvalue weighted by atomic mass is 9.93. The Bertz CT molecular complexity index is 538. The molecule has 3 heterocycles. The first-order valence-corrected chi connectivity index (χ1v) is 7.24. The topological polar surface area (TPSA) is 41.9 Å². The zero-order valence-electron chi connectivity index (χ0n) is 11.9. The number of hydrogen-bond donors (Lipinski definition) is 0. The highest BCUT2D eigenvalue weighted by atomic mass is 15.2. The van der Waals surface area contributed by atoms with Gasteiger partial charge in [0.1, 0.15) is 5.82 Å². The van der Waals surface area contributed by atoms with E-state index in [4.69, 9.17) is 0 Å². The third kappa shape index (κ3) is 3.13. The van der Waals surface area contributed by atoms with Crippen molar-refractivity contribution in [3.05, 3.63) is 48.2 Å². The van der Waals surface area contributed by atoms with Gasteiger partial charge in [0.05, 0.1) is 6.20 Å². The minimum Gasteiger partial charge on any atom is -0.355 e. The Balaban J connectivity index is 1.65. The van der Waals surface area contributed by atoms with Crippen molar-refractivity contribution >= 4 is 5.82 Å². The fraction of sp³-hybridized carbons (Fsp3) is 0.438. The molecule has 0 N–H and O–H groups in total. The Labute approximate surface area is 119 Å². The number of pyridine rings is 1. The monoisotopic (exact) mass is 268 g/mol. The summed E-state index contributed by atoms with van der Waals surface area (Å²) in [5.74, 6) is 1.65. The minimum absolute atomic E-state index is 0.654. The summed E-state index contributed by atoms with van der Waals surface area (Å²) in [7, 11) is 0. The van der Waals surface area contributed by atoms with Gasteiger partial charge in [-0.25, -0.2) is 4.98 Å². The van der Waals surface area contributed by atoms with Crippen molar-refractivity contribution < 1.29 is 0 Å². The lowest BCUT2D eigenvalue weighted by molar-refractivity contribution is 0.408. The van der Waals surface area contributed by atoms with Crippen LogP contribution in [0.2, 0.25) is 0 Å². The Morgan fingerprint density at radius 2 is 2.15 bits per heavy atom. The molecule has 2 aromatic rings. The number of aryl methyl sites for hydroxylation is 1. The van der Waals surface area contributed by atoms with Gasteiger partial charge < -0.3 is 4.90 Å². The van der Waals surface area contributed by atoms with Crippen LogP contribution in [0.15, 0.2) is 36.9 Å². The summed E-state index contributed by atoms with van der Waals surface area (Å²) in [6, 6.07) is 4.29. The largest absolute Gasteiger partial charge is 0.355 e. The number of nitrogens with zero attached hydrogens (tertiary/aromatic N) is 4. The Hall–Kier alpha value is -1.97. The van der Waals surface area contributed by atoms with E-state index in [0.29, 0.717) is 5.92 Å². The maximum atomic E-state index is 4.52. The minimum atomic E-state index is 0.654. The summed E-state index contributed by atoms with van der Waals surface area (Å²) in [5, 5.41) is 0. The van der Waals surface area contributed by atoms with E-state index in [2.05, 4.69) is 38.9 Å². The number of piperidine rings is 1. The van der Waals surface area contributed by atoms with E-state index in [1.807, 2.05) is 12.4 Å². The number of aromatic nitrogens is 3. The van der Waals surface area contributed by atoms with Crippen molar-refractivity contribution in [1.29, 1.82) is 0 Å². The second-order valence-electron chi connectivity index (χ2n) is 5.55. The molecule has 4 nitrogen and oxygen atoms in total. The predicted octanol–water partition coefficient (Wildman–Crippen LogP) is 2.64. The van der Waals surface area contributed by atoms with Gasteiger partial charge in [0.2, 0.25) is 0 Å². The van der Waals surface area contributed by atoms with Crippen LogP contribution in [-0.4, -0.2) is 28.0 Å². The van der Waals surface area contributed by atoms with E-state index in [1.165, 1.54) is 24.1 Å². The van der Waals surface area contributed by atoms with Crippen molar-refractivity contribution in [3.8, 4) is 0 Å². The molecule has 0 bridgehead atoms. The van der Waals surface area contributed by atoms with Gasteiger partial charge in [-0.2, -0.15) is 0 Å². The summed E-state index contributed by atoms with van der Waals surface area (Å²) < 4.78 is 0. The lowest BCUT2D eigenvalue weighted by Gasteiger charge is -2.33. The summed E-state index contributed by atoms with van der Waals surface area (Å²) in [6.07, 6.45) is 10.8. The maximum Gasteiger partial charge on any atom is 0.147 e. The van der Waals surface area contributed by atoms with Crippen LogP contribution in [0.25, 0.3) is 0 Å².